The normalized spacial score (nSPS) is 10.5. The molecule has 7 heteroatoms. The van der Waals surface area contributed by atoms with Gasteiger partial charge in [0.1, 0.15) is 0 Å². The highest BCUT2D eigenvalue weighted by Crippen LogP contribution is 2.19. The molecule has 1 amide bonds. The molecule has 1 N–H and O–H groups in total. The lowest BCUT2D eigenvalue weighted by molar-refractivity contribution is -0.385. The molecule has 132 valence electrons. The molecule has 1 heterocycles. The number of nitrogens with one attached hydrogen (secondary N) is 1. The second kappa shape index (κ2) is 7.60. The van der Waals surface area contributed by atoms with Crippen LogP contribution < -0.4 is 5.32 Å². The Morgan fingerprint density at radius 2 is 2.00 bits per heavy atom. The molecule has 0 saturated heterocycles. The fraction of sp³-hybridized carbons (Fsp3) is 0.158. The van der Waals surface area contributed by atoms with Crippen LogP contribution in [0.25, 0.3) is 5.69 Å². The lowest BCUT2D eigenvalue weighted by atomic mass is 10.1. The average molecular weight is 350 g/mol. The van der Waals surface area contributed by atoms with Gasteiger partial charge >= 0.3 is 0 Å². The van der Waals surface area contributed by atoms with Gasteiger partial charge in [-0.15, -0.1) is 0 Å². The molecule has 3 aromatic rings. The average Bonchev–Trinajstić information content (AvgIpc) is 3.17. The number of amides is 1. The van der Waals surface area contributed by atoms with Crippen LogP contribution in [0.3, 0.4) is 0 Å². The number of aromatic nitrogens is 2. The summed E-state index contributed by atoms with van der Waals surface area (Å²) in [5.74, 6) is -0.318. The number of hydrogen-bond donors (Lipinski definition) is 1. The minimum Gasteiger partial charge on any atom is -0.352 e. The lowest BCUT2D eigenvalue weighted by Gasteiger charge is -2.07. The third-order valence-corrected chi connectivity index (χ3v) is 4.07. The Balaban J connectivity index is 1.57. The number of hydrogen-bond acceptors (Lipinski definition) is 4. The van der Waals surface area contributed by atoms with Gasteiger partial charge in [0.15, 0.2) is 0 Å². The van der Waals surface area contributed by atoms with E-state index in [0.29, 0.717) is 18.5 Å². The fourth-order valence-electron chi connectivity index (χ4n) is 2.61. The molecule has 0 spiro atoms. The maximum atomic E-state index is 12.2. The molecular weight excluding hydrogens is 332 g/mol. The van der Waals surface area contributed by atoms with Crippen molar-refractivity contribution in [2.75, 3.05) is 6.54 Å². The summed E-state index contributed by atoms with van der Waals surface area (Å²) in [6.45, 7) is 2.09. The number of aryl methyl sites for hydroxylation is 1. The van der Waals surface area contributed by atoms with E-state index in [1.807, 2.05) is 36.5 Å². The molecule has 0 aliphatic carbocycles. The van der Waals surface area contributed by atoms with Gasteiger partial charge in [-0.05, 0) is 43.2 Å². The summed E-state index contributed by atoms with van der Waals surface area (Å²) in [6, 6.07) is 14.3. The van der Waals surface area contributed by atoms with Crippen LogP contribution >= 0.6 is 0 Å². The Bertz CT molecular complexity index is 918. The minimum atomic E-state index is -0.479. The number of nitrogens with zero attached hydrogens (tertiary/aromatic N) is 3. The number of carbonyl (C=O) groups is 1. The molecule has 0 atom stereocenters. The molecule has 0 unspecified atom stereocenters. The quantitative estimate of drug-likeness (QED) is 0.546. The molecule has 7 nitrogen and oxygen atoms in total. The van der Waals surface area contributed by atoms with Gasteiger partial charge in [-0.3, -0.25) is 14.9 Å². The largest absolute Gasteiger partial charge is 0.352 e. The molecular formula is C19H18N4O3. The molecule has 0 radical (unpaired) electrons. The van der Waals surface area contributed by atoms with E-state index >= 15 is 0 Å². The standard InChI is InChI=1S/C19H18N4O3/c1-14-3-6-16(13-18(14)23(25)26)19(24)20-11-9-15-4-7-17(8-5-15)22-12-2-10-21-22/h2-8,10,12-13H,9,11H2,1H3,(H,20,24). The molecule has 3 rings (SSSR count). The number of nitro benzene ring substituents is 1. The summed E-state index contributed by atoms with van der Waals surface area (Å²) in [5, 5.41) is 17.9. The van der Waals surface area contributed by atoms with E-state index in [9.17, 15) is 14.9 Å². The molecule has 1 aromatic heterocycles. The van der Waals surface area contributed by atoms with E-state index in [-0.39, 0.29) is 17.2 Å². The number of rotatable bonds is 6. The molecule has 0 fully saturated rings. The highest BCUT2D eigenvalue weighted by molar-refractivity contribution is 5.94. The number of benzene rings is 2. The van der Waals surface area contributed by atoms with Crippen LogP contribution in [0.5, 0.6) is 0 Å². The zero-order valence-corrected chi connectivity index (χ0v) is 14.3. The van der Waals surface area contributed by atoms with Crippen molar-refractivity contribution in [1.82, 2.24) is 15.1 Å². The van der Waals surface area contributed by atoms with Crippen molar-refractivity contribution in [1.29, 1.82) is 0 Å². The number of nitro groups is 1. The third kappa shape index (κ3) is 3.94. The Kier molecular flexibility index (Phi) is 5.07. The summed E-state index contributed by atoms with van der Waals surface area (Å²) < 4.78 is 1.77. The molecule has 0 saturated carbocycles. The van der Waals surface area contributed by atoms with Crippen molar-refractivity contribution in [2.24, 2.45) is 0 Å². The molecule has 26 heavy (non-hydrogen) atoms. The summed E-state index contributed by atoms with van der Waals surface area (Å²) in [5.41, 5.74) is 2.82. The van der Waals surface area contributed by atoms with Crippen molar-refractivity contribution < 1.29 is 9.72 Å². The maximum absolute atomic E-state index is 12.2. The van der Waals surface area contributed by atoms with Gasteiger partial charge in [0.25, 0.3) is 11.6 Å². The monoisotopic (exact) mass is 350 g/mol. The first-order chi connectivity index (χ1) is 12.5. The van der Waals surface area contributed by atoms with Gasteiger partial charge in [0.2, 0.25) is 0 Å². The Morgan fingerprint density at radius 3 is 2.65 bits per heavy atom. The Hall–Kier alpha value is -3.48. The van der Waals surface area contributed by atoms with Gasteiger partial charge in [0.05, 0.1) is 10.6 Å². The first-order valence-electron chi connectivity index (χ1n) is 8.17. The van der Waals surface area contributed by atoms with Gasteiger partial charge in [0, 0.05) is 36.1 Å². The topological polar surface area (TPSA) is 90.1 Å². The van der Waals surface area contributed by atoms with E-state index < -0.39 is 4.92 Å². The SMILES string of the molecule is Cc1ccc(C(=O)NCCc2ccc(-n3cccn3)cc2)cc1[N+](=O)[O-]. The second-order valence-corrected chi connectivity index (χ2v) is 5.88. The van der Waals surface area contributed by atoms with Crippen LogP contribution in [0.15, 0.2) is 60.9 Å². The maximum Gasteiger partial charge on any atom is 0.273 e. The number of carbonyl (C=O) groups excluding carboxylic acids is 1. The van der Waals surface area contributed by atoms with Crippen molar-refractivity contribution in [3.8, 4) is 5.69 Å². The molecule has 0 aliphatic rings. The first-order valence-corrected chi connectivity index (χ1v) is 8.17. The fourth-order valence-corrected chi connectivity index (χ4v) is 2.61. The van der Waals surface area contributed by atoms with E-state index in [4.69, 9.17) is 0 Å². The summed E-state index contributed by atoms with van der Waals surface area (Å²) >= 11 is 0. The van der Waals surface area contributed by atoms with E-state index in [2.05, 4.69) is 10.4 Å². The van der Waals surface area contributed by atoms with E-state index in [0.717, 1.165) is 11.3 Å². The minimum absolute atomic E-state index is 0.0492. The predicted molar refractivity (Wildman–Crippen MR) is 97.4 cm³/mol. The highest BCUT2D eigenvalue weighted by Gasteiger charge is 2.14. The van der Waals surface area contributed by atoms with Crippen LogP contribution in [-0.2, 0) is 6.42 Å². The van der Waals surface area contributed by atoms with Crippen molar-refractivity contribution in [3.05, 3.63) is 87.7 Å². The van der Waals surface area contributed by atoms with Gasteiger partial charge < -0.3 is 5.32 Å². The third-order valence-electron chi connectivity index (χ3n) is 4.07. The second-order valence-electron chi connectivity index (χ2n) is 5.88. The zero-order valence-electron chi connectivity index (χ0n) is 14.3. The Labute approximate surface area is 150 Å². The lowest BCUT2D eigenvalue weighted by Crippen LogP contribution is -2.25. The Morgan fingerprint density at radius 1 is 1.23 bits per heavy atom. The predicted octanol–water partition coefficient (Wildman–Crippen LogP) is 3.06. The van der Waals surface area contributed by atoms with Crippen LogP contribution in [0, 0.1) is 17.0 Å². The molecule has 0 bridgehead atoms. The first kappa shape index (κ1) is 17.3. The van der Waals surface area contributed by atoms with Gasteiger partial charge in [-0.25, -0.2) is 4.68 Å². The highest BCUT2D eigenvalue weighted by atomic mass is 16.6. The summed E-state index contributed by atoms with van der Waals surface area (Å²) in [6.07, 6.45) is 4.26. The van der Waals surface area contributed by atoms with E-state index in [1.54, 1.807) is 29.9 Å². The van der Waals surface area contributed by atoms with Gasteiger partial charge in [-0.1, -0.05) is 18.2 Å². The molecule has 2 aromatic carbocycles. The zero-order chi connectivity index (χ0) is 18.5. The van der Waals surface area contributed by atoms with Crippen molar-refractivity contribution in [3.63, 3.8) is 0 Å². The van der Waals surface area contributed by atoms with Crippen LogP contribution in [0.4, 0.5) is 5.69 Å². The van der Waals surface area contributed by atoms with Crippen LogP contribution in [0.1, 0.15) is 21.5 Å². The van der Waals surface area contributed by atoms with Gasteiger partial charge in [-0.2, -0.15) is 5.10 Å². The smallest absolute Gasteiger partial charge is 0.273 e. The summed E-state index contributed by atoms with van der Waals surface area (Å²) in [7, 11) is 0. The van der Waals surface area contributed by atoms with Crippen LogP contribution in [-0.4, -0.2) is 27.2 Å². The van der Waals surface area contributed by atoms with E-state index in [1.165, 1.54) is 6.07 Å². The van der Waals surface area contributed by atoms with Crippen molar-refractivity contribution in [2.45, 2.75) is 13.3 Å². The summed E-state index contributed by atoms with van der Waals surface area (Å²) in [4.78, 5) is 22.7. The molecule has 0 aliphatic heterocycles. The van der Waals surface area contributed by atoms with Crippen molar-refractivity contribution >= 4 is 11.6 Å². The van der Waals surface area contributed by atoms with Crippen LogP contribution in [0.2, 0.25) is 0 Å².